The zero-order chi connectivity index (χ0) is 39.1. The number of aliphatic hydroxyl groups excluding tert-OH is 1. The number of ether oxygens (including phenoxy) is 3. The highest BCUT2D eigenvalue weighted by atomic mass is 79.9. The second-order valence-electron chi connectivity index (χ2n) is 13.8. The molecule has 4 amide bonds. The van der Waals surface area contributed by atoms with Crippen molar-refractivity contribution in [3.05, 3.63) is 37.6 Å². The van der Waals surface area contributed by atoms with Gasteiger partial charge < -0.3 is 46.5 Å². The van der Waals surface area contributed by atoms with Gasteiger partial charge in [-0.25, -0.2) is 14.4 Å². The van der Waals surface area contributed by atoms with Crippen molar-refractivity contribution in [1.29, 1.82) is 0 Å². The molecule has 2 rings (SSSR count). The Morgan fingerprint density at radius 1 is 1.00 bits per heavy atom. The number of amides is 4. The summed E-state index contributed by atoms with van der Waals surface area (Å²) in [6.07, 6.45) is -8.97. The maximum Gasteiger partial charge on any atom is 0.408 e. The molecule has 6 atom stereocenters. The molecule has 0 spiro atoms. The number of primary amides is 2. The van der Waals surface area contributed by atoms with E-state index in [0.29, 0.717) is 0 Å². The minimum absolute atomic E-state index is 0.0796. The molecule has 1 aromatic heterocycles. The van der Waals surface area contributed by atoms with Crippen molar-refractivity contribution in [3.8, 4) is 0 Å². The second-order valence-corrected chi connectivity index (χ2v) is 14.3. The van der Waals surface area contributed by atoms with Crippen LogP contribution in [-0.4, -0.2) is 96.4 Å². The minimum atomic E-state index is -2.92. The standard InChI is InChI=1S/C31H45BrN6O13/c1-29(2,3)50-27(46)35-16(7-9-18(33)39)21(41)22(42)24-31(48,13-20(49-24)38-14-15(11-12-32)25(44)37-26(38)45)23(43)17(8-10-19(34)40)36-28(47)51-30(4,5)6/h11-12,14,16-17,20,22,24,42,48H,7-10,13H2,1-6H3,(H2,33,39)(H2,34,40)(H,35,46)(H,36,47)(H,37,44,45)/t16-,17-,20+,22?,24+,31+/m0/s1. The molecule has 1 aliphatic rings. The number of hydrogen-bond acceptors (Lipinski definition) is 13. The Bertz CT molecular complexity index is 1640. The molecular formula is C31H45BrN6O13. The first kappa shape index (κ1) is 42.8. The average molecular weight is 790 g/mol. The predicted molar refractivity (Wildman–Crippen MR) is 182 cm³/mol. The number of halogens is 1. The quantitative estimate of drug-likeness (QED) is 0.121. The van der Waals surface area contributed by atoms with Crippen LogP contribution in [0.15, 0.2) is 20.8 Å². The van der Waals surface area contributed by atoms with E-state index in [0.717, 1.165) is 10.8 Å². The lowest BCUT2D eigenvalue weighted by Crippen LogP contribution is -2.61. The van der Waals surface area contributed by atoms with Crippen LogP contribution in [0.5, 0.6) is 0 Å². The number of carbonyl (C=O) groups excluding carboxylic acids is 6. The van der Waals surface area contributed by atoms with E-state index < -0.39 is 126 Å². The van der Waals surface area contributed by atoms with Gasteiger partial charge in [0.1, 0.15) is 29.6 Å². The number of Topliss-reactive ketones (excluding diaryl/α,β-unsaturated/α-hetero) is 2. The monoisotopic (exact) mass is 788 g/mol. The first-order valence-electron chi connectivity index (χ1n) is 15.7. The predicted octanol–water partition coefficient (Wildman–Crippen LogP) is -0.262. The number of aromatic nitrogens is 2. The summed E-state index contributed by atoms with van der Waals surface area (Å²) in [7, 11) is 0. The SMILES string of the molecule is CC(C)(C)OC(=O)N[C@@H](CCC(N)=O)C(=O)C(O)[C@H]1O[C@@H](n2cc(C=CBr)c(=O)[nH]c2=O)C[C@@]1(O)C(=O)[C@H](CCC(N)=O)NC(=O)OC(C)(C)C. The Morgan fingerprint density at radius 2 is 1.49 bits per heavy atom. The number of alkyl carbamates (subject to hydrolysis) is 2. The topological polar surface area (TPSA) is 302 Å². The van der Waals surface area contributed by atoms with Gasteiger partial charge in [-0.3, -0.25) is 33.5 Å². The molecule has 1 aromatic rings. The lowest BCUT2D eigenvalue weighted by molar-refractivity contribution is -0.163. The minimum Gasteiger partial charge on any atom is -0.444 e. The van der Waals surface area contributed by atoms with Crippen LogP contribution in [0, 0.1) is 0 Å². The summed E-state index contributed by atoms with van der Waals surface area (Å²) in [5.74, 6) is -4.28. The van der Waals surface area contributed by atoms with Gasteiger partial charge in [0.05, 0.1) is 17.6 Å². The molecule has 284 valence electrons. The fourth-order valence-corrected chi connectivity index (χ4v) is 5.32. The van der Waals surface area contributed by atoms with Crippen molar-refractivity contribution in [2.45, 2.75) is 121 Å². The zero-order valence-corrected chi connectivity index (χ0v) is 30.6. The van der Waals surface area contributed by atoms with Crippen molar-refractivity contribution in [2.75, 3.05) is 0 Å². The summed E-state index contributed by atoms with van der Waals surface area (Å²) in [6, 6.07) is -3.41. The average Bonchev–Trinajstić information content (AvgIpc) is 3.33. The van der Waals surface area contributed by atoms with Gasteiger partial charge in [0.2, 0.25) is 11.8 Å². The number of aromatic amines is 1. The summed E-state index contributed by atoms with van der Waals surface area (Å²) in [5, 5.41) is 28.1. The van der Waals surface area contributed by atoms with E-state index in [1.807, 2.05) is 0 Å². The summed E-state index contributed by atoms with van der Waals surface area (Å²) in [6.45, 7) is 9.23. The van der Waals surface area contributed by atoms with Gasteiger partial charge in [-0.2, -0.15) is 0 Å². The maximum atomic E-state index is 14.2. The van der Waals surface area contributed by atoms with Gasteiger partial charge in [0, 0.05) is 25.5 Å². The Kier molecular flexibility index (Phi) is 14.4. The fraction of sp³-hybridized carbons (Fsp3) is 0.613. The number of carbonyl (C=O) groups is 6. The molecule has 0 bridgehead atoms. The number of rotatable bonds is 15. The van der Waals surface area contributed by atoms with Crippen LogP contribution in [-0.2, 0) is 33.4 Å². The van der Waals surface area contributed by atoms with Crippen LogP contribution in [0.1, 0.15) is 85.4 Å². The number of aliphatic hydroxyl groups is 2. The Hall–Kier alpha value is -4.40. The Balaban J connectivity index is 2.69. The number of nitrogens with zero attached hydrogens (tertiary/aromatic N) is 1. The van der Waals surface area contributed by atoms with Crippen molar-refractivity contribution in [3.63, 3.8) is 0 Å². The first-order valence-corrected chi connectivity index (χ1v) is 16.6. The van der Waals surface area contributed by atoms with E-state index >= 15 is 0 Å². The molecule has 1 aliphatic heterocycles. The number of hydrogen-bond donors (Lipinski definition) is 7. The smallest absolute Gasteiger partial charge is 0.408 e. The largest absolute Gasteiger partial charge is 0.444 e. The van der Waals surface area contributed by atoms with E-state index in [2.05, 4.69) is 31.5 Å². The second kappa shape index (κ2) is 17.2. The van der Waals surface area contributed by atoms with Crippen LogP contribution in [0.25, 0.3) is 6.08 Å². The van der Waals surface area contributed by atoms with E-state index in [1.165, 1.54) is 52.6 Å². The maximum absolute atomic E-state index is 14.2. The van der Waals surface area contributed by atoms with Crippen molar-refractivity contribution in [2.24, 2.45) is 11.5 Å². The van der Waals surface area contributed by atoms with Crippen LogP contribution in [0.2, 0.25) is 0 Å². The Labute approximate surface area is 300 Å². The highest BCUT2D eigenvalue weighted by molar-refractivity contribution is 9.11. The van der Waals surface area contributed by atoms with Gasteiger partial charge in [-0.1, -0.05) is 15.9 Å². The number of nitrogens with one attached hydrogen (secondary N) is 3. The fourth-order valence-electron chi connectivity index (χ4n) is 5.04. The van der Waals surface area contributed by atoms with E-state index in [-0.39, 0.29) is 5.56 Å². The van der Waals surface area contributed by atoms with E-state index in [4.69, 9.17) is 25.7 Å². The molecule has 0 saturated carbocycles. The molecule has 51 heavy (non-hydrogen) atoms. The third-order valence-electron chi connectivity index (χ3n) is 7.21. The first-order chi connectivity index (χ1) is 23.4. The highest BCUT2D eigenvalue weighted by Crippen LogP contribution is 2.40. The molecule has 0 aliphatic carbocycles. The van der Waals surface area contributed by atoms with Gasteiger partial charge in [-0.15, -0.1) is 0 Å². The molecule has 0 aromatic carbocycles. The van der Waals surface area contributed by atoms with Crippen molar-refractivity contribution < 1.29 is 53.2 Å². The molecule has 1 fully saturated rings. The number of nitrogens with two attached hydrogens (primary N) is 2. The molecule has 1 unspecified atom stereocenters. The van der Waals surface area contributed by atoms with E-state index in [1.54, 1.807) is 0 Å². The third kappa shape index (κ3) is 12.4. The lowest BCUT2D eigenvalue weighted by Gasteiger charge is -2.34. The zero-order valence-electron chi connectivity index (χ0n) is 29.0. The number of ketones is 2. The summed E-state index contributed by atoms with van der Waals surface area (Å²) in [4.78, 5) is 105. The van der Waals surface area contributed by atoms with Crippen LogP contribution in [0.3, 0.4) is 0 Å². The molecule has 1 saturated heterocycles. The van der Waals surface area contributed by atoms with Crippen LogP contribution >= 0.6 is 15.9 Å². The van der Waals surface area contributed by atoms with Crippen molar-refractivity contribution >= 4 is 57.6 Å². The summed E-state index contributed by atoms with van der Waals surface area (Å²) in [5.41, 5.74) is 3.60. The molecule has 20 heteroatoms. The van der Waals surface area contributed by atoms with Gasteiger partial charge in [0.25, 0.3) is 5.56 Å². The molecule has 0 radical (unpaired) electrons. The Morgan fingerprint density at radius 3 is 1.96 bits per heavy atom. The summed E-state index contributed by atoms with van der Waals surface area (Å²) >= 11 is 3.02. The molecule has 2 heterocycles. The molecule has 9 N–H and O–H groups in total. The normalized spacial score (nSPS) is 21.0. The molecule has 19 nitrogen and oxygen atoms in total. The third-order valence-corrected chi connectivity index (χ3v) is 7.48. The van der Waals surface area contributed by atoms with E-state index in [9.17, 15) is 48.6 Å². The highest BCUT2D eigenvalue weighted by Gasteiger charge is 2.59. The van der Waals surface area contributed by atoms with Gasteiger partial charge in [-0.05, 0) is 65.4 Å². The number of H-pyrrole nitrogens is 1. The molecular weight excluding hydrogens is 744 g/mol. The van der Waals surface area contributed by atoms with Crippen LogP contribution in [0.4, 0.5) is 9.59 Å². The van der Waals surface area contributed by atoms with Gasteiger partial charge in [0.15, 0.2) is 17.2 Å². The van der Waals surface area contributed by atoms with Crippen LogP contribution < -0.4 is 33.3 Å². The van der Waals surface area contributed by atoms with Crippen molar-refractivity contribution in [1.82, 2.24) is 20.2 Å². The summed E-state index contributed by atoms with van der Waals surface area (Å²) < 4.78 is 17.0. The van der Waals surface area contributed by atoms with Gasteiger partial charge >= 0.3 is 17.9 Å². The lowest BCUT2D eigenvalue weighted by atomic mass is 9.80.